The fourth-order valence-electron chi connectivity index (χ4n) is 5.57. The SMILES string of the molecule is COCC(C)(C)c1c([C@@H]2CC[C@@](O)(C(=O)O)C2)c2nc3[nH]ncc3cc2n1-c1ccc(F)c(C)c1. The highest BCUT2D eigenvalue weighted by molar-refractivity contribution is 5.94. The molecule has 1 saturated carbocycles. The van der Waals surface area contributed by atoms with Gasteiger partial charge in [-0.2, -0.15) is 5.10 Å². The van der Waals surface area contributed by atoms with Crippen molar-refractivity contribution in [3.05, 3.63) is 53.1 Å². The number of carboxylic acids is 1. The largest absolute Gasteiger partial charge is 0.479 e. The molecule has 0 amide bonds. The molecular weight excluding hydrogens is 451 g/mol. The number of aryl methyl sites for hydroxylation is 1. The molecule has 3 N–H and O–H groups in total. The number of H-pyrrole nitrogens is 1. The van der Waals surface area contributed by atoms with Gasteiger partial charge in [0.25, 0.3) is 0 Å². The van der Waals surface area contributed by atoms with Crippen LogP contribution in [-0.2, 0) is 14.9 Å². The molecule has 35 heavy (non-hydrogen) atoms. The highest BCUT2D eigenvalue weighted by Crippen LogP contribution is 2.48. The van der Waals surface area contributed by atoms with E-state index in [4.69, 9.17) is 9.72 Å². The van der Waals surface area contributed by atoms with Crippen LogP contribution in [0.4, 0.5) is 4.39 Å². The molecule has 0 spiro atoms. The Balaban J connectivity index is 1.88. The third-order valence-corrected chi connectivity index (χ3v) is 7.22. The van der Waals surface area contributed by atoms with Crippen molar-refractivity contribution < 1.29 is 24.1 Å². The molecular formula is C26H29FN4O4. The van der Waals surface area contributed by atoms with Gasteiger partial charge in [-0.3, -0.25) is 5.10 Å². The lowest BCUT2D eigenvalue weighted by Gasteiger charge is -2.29. The number of benzene rings is 1. The Morgan fingerprint density at radius 1 is 1.37 bits per heavy atom. The predicted octanol–water partition coefficient (Wildman–Crippen LogP) is 4.36. The highest BCUT2D eigenvalue weighted by atomic mass is 19.1. The van der Waals surface area contributed by atoms with Gasteiger partial charge in [0.05, 0.1) is 23.8 Å². The minimum Gasteiger partial charge on any atom is -0.479 e. The summed E-state index contributed by atoms with van der Waals surface area (Å²) in [5.41, 5.74) is 2.93. The summed E-state index contributed by atoms with van der Waals surface area (Å²) < 4.78 is 21.9. The van der Waals surface area contributed by atoms with E-state index in [1.54, 1.807) is 32.4 Å². The smallest absolute Gasteiger partial charge is 0.335 e. The fourth-order valence-corrected chi connectivity index (χ4v) is 5.57. The minimum atomic E-state index is -1.79. The van der Waals surface area contributed by atoms with Crippen LogP contribution in [0.2, 0.25) is 0 Å². The number of hydrogen-bond donors (Lipinski definition) is 3. The summed E-state index contributed by atoms with van der Waals surface area (Å²) in [5.74, 6) is -1.74. The van der Waals surface area contributed by atoms with E-state index in [1.165, 1.54) is 6.07 Å². The predicted molar refractivity (Wildman–Crippen MR) is 129 cm³/mol. The second-order valence-corrected chi connectivity index (χ2v) is 10.3. The summed E-state index contributed by atoms with van der Waals surface area (Å²) in [6.07, 6.45) is 2.45. The number of halogens is 1. The summed E-state index contributed by atoms with van der Waals surface area (Å²) in [5, 5.41) is 28.3. The zero-order chi connectivity index (χ0) is 25.1. The Morgan fingerprint density at radius 2 is 2.14 bits per heavy atom. The van der Waals surface area contributed by atoms with Crippen molar-refractivity contribution in [2.45, 2.75) is 57.0 Å². The van der Waals surface area contributed by atoms with Crippen molar-refractivity contribution in [1.82, 2.24) is 19.7 Å². The van der Waals surface area contributed by atoms with Gasteiger partial charge in [-0.1, -0.05) is 13.8 Å². The van der Waals surface area contributed by atoms with Gasteiger partial charge in [0, 0.05) is 34.9 Å². The summed E-state index contributed by atoms with van der Waals surface area (Å²) in [7, 11) is 1.64. The molecule has 0 aliphatic heterocycles. The number of aliphatic hydroxyl groups is 1. The molecule has 1 aromatic carbocycles. The van der Waals surface area contributed by atoms with Gasteiger partial charge in [-0.15, -0.1) is 0 Å². The third kappa shape index (κ3) is 3.70. The zero-order valence-electron chi connectivity index (χ0n) is 20.2. The molecule has 5 rings (SSSR count). The molecule has 3 heterocycles. The first kappa shape index (κ1) is 23.4. The maximum absolute atomic E-state index is 14.2. The van der Waals surface area contributed by atoms with Crippen LogP contribution in [0.15, 0.2) is 30.5 Å². The first-order valence-electron chi connectivity index (χ1n) is 11.7. The Bertz CT molecular complexity index is 1460. The van der Waals surface area contributed by atoms with E-state index >= 15 is 0 Å². The number of ether oxygens (including phenoxy) is 1. The molecule has 0 saturated heterocycles. The number of nitrogens with one attached hydrogen (secondary N) is 1. The van der Waals surface area contributed by atoms with E-state index < -0.39 is 17.0 Å². The van der Waals surface area contributed by atoms with Crippen LogP contribution < -0.4 is 0 Å². The van der Waals surface area contributed by atoms with Gasteiger partial charge in [0.15, 0.2) is 11.2 Å². The number of fused-ring (bicyclic) bond motifs is 2. The summed E-state index contributed by atoms with van der Waals surface area (Å²) in [6.45, 7) is 6.24. The van der Waals surface area contributed by atoms with Gasteiger partial charge < -0.3 is 19.5 Å². The van der Waals surface area contributed by atoms with E-state index in [2.05, 4.69) is 28.6 Å². The van der Waals surface area contributed by atoms with Crippen LogP contribution >= 0.6 is 0 Å². The molecule has 1 aliphatic rings. The van der Waals surface area contributed by atoms with E-state index in [0.717, 1.165) is 27.8 Å². The standard InChI is InChI=1S/C26H29FN4O4/c1-14-9-17(5-6-18(14)27)31-19-10-16-12-28-30-23(16)29-21(19)20(22(31)25(2,3)13-35-4)15-7-8-26(34,11-15)24(32)33/h5-6,9-10,12,15,34H,7-8,11,13H2,1-4H3,(H,32,33)(H,28,29,30)/t15-,26+/m1/s1. The number of aliphatic carboxylic acids is 1. The first-order valence-corrected chi connectivity index (χ1v) is 11.7. The average Bonchev–Trinajstić information content (AvgIpc) is 3.50. The molecule has 8 nitrogen and oxygen atoms in total. The molecule has 3 aromatic heterocycles. The van der Waals surface area contributed by atoms with E-state index in [0.29, 0.717) is 29.8 Å². The number of nitrogens with zero attached hydrogens (tertiary/aromatic N) is 3. The van der Waals surface area contributed by atoms with Crippen molar-refractivity contribution in [3.8, 4) is 5.69 Å². The minimum absolute atomic E-state index is 0.0860. The number of carboxylic acid groups (broad SMARTS) is 1. The summed E-state index contributed by atoms with van der Waals surface area (Å²) >= 11 is 0. The van der Waals surface area contributed by atoms with Gasteiger partial charge in [0.1, 0.15) is 5.82 Å². The number of rotatable bonds is 6. The monoisotopic (exact) mass is 480 g/mol. The van der Waals surface area contributed by atoms with Crippen molar-refractivity contribution in [3.63, 3.8) is 0 Å². The van der Waals surface area contributed by atoms with Crippen molar-refractivity contribution in [1.29, 1.82) is 0 Å². The molecule has 1 fully saturated rings. The zero-order valence-corrected chi connectivity index (χ0v) is 20.2. The molecule has 2 atom stereocenters. The first-order chi connectivity index (χ1) is 16.6. The van der Waals surface area contributed by atoms with Gasteiger partial charge in [-0.05, 0) is 61.9 Å². The number of hydrogen-bond acceptors (Lipinski definition) is 5. The van der Waals surface area contributed by atoms with Crippen molar-refractivity contribution in [2.24, 2.45) is 0 Å². The number of carbonyl (C=O) groups is 1. The third-order valence-electron chi connectivity index (χ3n) is 7.22. The molecule has 9 heteroatoms. The Hall–Kier alpha value is -3.30. The molecule has 184 valence electrons. The lowest BCUT2D eigenvalue weighted by atomic mass is 9.82. The van der Waals surface area contributed by atoms with Crippen LogP contribution in [0.3, 0.4) is 0 Å². The lowest BCUT2D eigenvalue weighted by molar-refractivity contribution is -0.157. The topological polar surface area (TPSA) is 113 Å². The summed E-state index contributed by atoms with van der Waals surface area (Å²) in [4.78, 5) is 16.8. The van der Waals surface area contributed by atoms with Gasteiger partial charge in [-0.25, -0.2) is 14.2 Å². The summed E-state index contributed by atoms with van der Waals surface area (Å²) in [6, 6.07) is 6.98. The number of aromatic amines is 1. The quantitative estimate of drug-likeness (QED) is 0.378. The van der Waals surface area contributed by atoms with Crippen LogP contribution in [0.5, 0.6) is 0 Å². The second kappa shape index (κ2) is 8.13. The molecule has 0 unspecified atom stereocenters. The van der Waals surface area contributed by atoms with Crippen molar-refractivity contribution in [2.75, 3.05) is 13.7 Å². The van der Waals surface area contributed by atoms with E-state index in [-0.39, 0.29) is 24.6 Å². The molecule has 0 bridgehead atoms. The normalized spacial score (nSPS) is 20.8. The molecule has 4 aromatic rings. The van der Waals surface area contributed by atoms with Crippen LogP contribution in [0.1, 0.15) is 55.8 Å². The van der Waals surface area contributed by atoms with Gasteiger partial charge >= 0.3 is 5.97 Å². The second-order valence-electron chi connectivity index (χ2n) is 10.3. The highest BCUT2D eigenvalue weighted by Gasteiger charge is 2.47. The Labute approximate surface area is 201 Å². The fraction of sp³-hybridized carbons (Fsp3) is 0.423. The Morgan fingerprint density at radius 3 is 2.80 bits per heavy atom. The van der Waals surface area contributed by atoms with Gasteiger partial charge in [0.2, 0.25) is 0 Å². The number of methoxy groups -OCH3 is 1. The molecule has 0 radical (unpaired) electrons. The maximum Gasteiger partial charge on any atom is 0.335 e. The number of aromatic nitrogens is 4. The van der Waals surface area contributed by atoms with E-state index in [9.17, 15) is 19.4 Å². The Kier molecular flexibility index (Phi) is 5.45. The average molecular weight is 481 g/mol. The maximum atomic E-state index is 14.2. The van der Waals surface area contributed by atoms with Crippen molar-refractivity contribution >= 4 is 28.0 Å². The van der Waals surface area contributed by atoms with Crippen LogP contribution in [0, 0.1) is 12.7 Å². The van der Waals surface area contributed by atoms with Crippen LogP contribution in [-0.4, -0.2) is 55.2 Å². The molecule has 1 aliphatic carbocycles. The lowest BCUT2D eigenvalue weighted by Crippen LogP contribution is -2.35. The van der Waals surface area contributed by atoms with E-state index in [1.807, 2.05) is 6.07 Å². The number of pyridine rings is 1. The van der Waals surface area contributed by atoms with Crippen LogP contribution in [0.25, 0.3) is 27.8 Å².